The molecule has 15 heteroatoms. The molecule has 312 valence electrons. The number of hydrogen-bond donors (Lipinski definition) is 1. The smallest absolute Gasteiger partial charge is 0.415 e. The average Bonchev–Trinajstić information content (AvgIpc) is 3.13. The van der Waals surface area contributed by atoms with Crippen molar-refractivity contribution in [2.45, 2.75) is 84.9 Å². The second kappa shape index (κ2) is 26.0. The lowest BCUT2D eigenvalue weighted by Gasteiger charge is -2.42. The highest BCUT2D eigenvalue weighted by Gasteiger charge is 2.36. The van der Waals surface area contributed by atoms with Crippen LogP contribution in [-0.2, 0) is 39.8 Å². The van der Waals surface area contributed by atoms with Crippen LogP contribution in [0.5, 0.6) is 11.5 Å². The number of carbonyl (C=O) groups excluding carboxylic acids is 4. The molecule has 0 saturated carbocycles. The molecule has 2 rings (SSSR count). The normalized spacial score (nSPS) is 14.7. The Morgan fingerprint density at radius 2 is 1.58 bits per heavy atom. The van der Waals surface area contributed by atoms with Crippen molar-refractivity contribution in [2.24, 2.45) is 5.92 Å². The molecule has 0 spiro atoms. The Hall–Kier alpha value is -3.92. The van der Waals surface area contributed by atoms with Crippen LogP contribution in [-0.4, -0.2) is 144 Å². The van der Waals surface area contributed by atoms with Crippen LogP contribution in [0.1, 0.15) is 72.3 Å². The van der Waals surface area contributed by atoms with E-state index in [1.807, 2.05) is 0 Å². The number of ether oxygens (including phenoxy) is 7. The van der Waals surface area contributed by atoms with E-state index in [0.717, 1.165) is 24.8 Å². The summed E-state index contributed by atoms with van der Waals surface area (Å²) in [5.41, 5.74) is 0.0751. The lowest BCUT2D eigenvalue weighted by Crippen LogP contribution is -2.60. The fourth-order valence-corrected chi connectivity index (χ4v) is 5.47. The van der Waals surface area contributed by atoms with Gasteiger partial charge >= 0.3 is 12.2 Å². The van der Waals surface area contributed by atoms with Crippen LogP contribution in [0, 0.1) is 5.92 Å². The largest absolute Gasteiger partial charge is 0.493 e. The Kier molecular flexibility index (Phi) is 22.4. The van der Waals surface area contributed by atoms with Gasteiger partial charge in [-0.1, -0.05) is 32.1 Å². The van der Waals surface area contributed by atoms with Crippen molar-refractivity contribution in [3.63, 3.8) is 0 Å². The van der Waals surface area contributed by atoms with E-state index in [1.54, 1.807) is 58.0 Å². The zero-order chi connectivity index (χ0) is 40.6. The Bertz CT molecular complexity index is 1330. The average molecular weight is 779 g/mol. The number of likely N-dealkylation sites (N-methyl/N-ethyl adjacent to an activating group) is 1. The molecule has 15 nitrogen and oxygen atoms in total. The Labute approximate surface area is 327 Å². The molecule has 1 fully saturated rings. The Morgan fingerprint density at radius 3 is 2.22 bits per heavy atom. The number of methoxy groups -OCH3 is 2. The van der Waals surface area contributed by atoms with E-state index >= 15 is 0 Å². The first-order chi connectivity index (χ1) is 26.2. The lowest BCUT2D eigenvalue weighted by molar-refractivity contribution is -0.135. The molecule has 0 aromatic heterocycles. The summed E-state index contributed by atoms with van der Waals surface area (Å²) < 4.78 is 38.3. The van der Waals surface area contributed by atoms with Gasteiger partial charge < -0.3 is 48.3 Å². The van der Waals surface area contributed by atoms with E-state index in [0.29, 0.717) is 64.3 Å². The van der Waals surface area contributed by atoms with Crippen molar-refractivity contribution in [1.82, 2.24) is 20.0 Å². The van der Waals surface area contributed by atoms with Crippen LogP contribution in [0.3, 0.4) is 0 Å². The number of piperazine rings is 1. The van der Waals surface area contributed by atoms with Gasteiger partial charge in [0.15, 0.2) is 11.5 Å². The van der Waals surface area contributed by atoms with Gasteiger partial charge in [0.2, 0.25) is 11.8 Å². The molecule has 1 aromatic rings. The number of hydrogen-bond acceptors (Lipinski definition) is 11. The van der Waals surface area contributed by atoms with Crippen LogP contribution in [0.25, 0.3) is 0 Å². The fourth-order valence-electron chi connectivity index (χ4n) is 5.47. The van der Waals surface area contributed by atoms with Crippen molar-refractivity contribution in [3.05, 3.63) is 35.9 Å². The number of nitrogens with one attached hydrogen (secondary N) is 1. The molecule has 1 unspecified atom stereocenters. The first-order valence-corrected chi connectivity index (χ1v) is 19.3. The molecule has 55 heavy (non-hydrogen) atoms. The summed E-state index contributed by atoms with van der Waals surface area (Å²) >= 11 is 0. The van der Waals surface area contributed by atoms with Crippen molar-refractivity contribution < 1.29 is 52.3 Å². The van der Waals surface area contributed by atoms with Gasteiger partial charge in [-0.15, -0.1) is 0 Å². The van der Waals surface area contributed by atoms with Gasteiger partial charge in [0.1, 0.15) is 5.60 Å². The van der Waals surface area contributed by atoms with Gasteiger partial charge in [0.05, 0.1) is 65.8 Å². The third kappa shape index (κ3) is 20.0. The third-order valence-electron chi connectivity index (χ3n) is 8.36. The van der Waals surface area contributed by atoms with Gasteiger partial charge in [0.25, 0.3) is 0 Å². The summed E-state index contributed by atoms with van der Waals surface area (Å²) in [6, 6.07) is 4.52. The maximum absolute atomic E-state index is 13.7. The molecule has 1 saturated heterocycles. The molecular weight excluding hydrogens is 712 g/mol. The zero-order valence-corrected chi connectivity index (χ0v) is 34.4. The fraction of sp³-hybridized carbons (Fsp3) is 0.700. The first kappa shape index (κ1) is 47.2. The Morgan fingerprint density at radius 1 is 0.909 bits per heavy atom. The topological polar surface area (TPSA) is 155 Å². The quantitative estimate of drug-likeness (QED) is 0.111. The SMILES string of the molecule is COCCOCCOCCOCCC(=O)N1CCN(C(=O)Oc2ccc(CNC(=O)CCCC/C=C/C(C)C)cc2OC)C(CN(C)C(=O)OC(C)(C)C)C1. The molecular formula is C40H66N4O11. The van der Waals surface area contributed by atoms with Gasteiger partial charge in [0, 0.05) is 53.3 Å². The predicted molar refractivity (Wildman–Crippen MR) is 208 cm³/mol. The highest BCUT2D eigenvalue weighted by molar-refractivity contribution is 5.78. The Balaban J connectivity index is 1.97. The van der Waals surface area contributed by atoms with Crippen molar-refractivity contribution in [2.75, 3.05) is 93.7 Å². The maximum atomic E-state index is 13.7. The summed E-state index contributed by atoms with van der Waals surface area (Å²) in [6.45, 7) is 13.5. The van der Waals surface area contributed by atoms with Gasteiger partial charge in [-0.05, 0) is 63.6 Å². The van der Waals surface area contributed by atoms with Crippen molar-refractivity contribution in [3.8, 4) is 11.5 Å². The van der Waals surface area contributed by atoms with Gasteiger partial charge in [-0.2, -0.15) is 0 Å². The van der Waals surface area contributed by atoms with Gasteiger partial charge in [-0.3, -0.25) is 14.5 Å². The number of nitrogens with zero attached hydrogens (tertiary/aromatic N) is 3. The van der Waals surface area contributed by atoms with E-state index in [9.17, 15) is 19.2 Å². The first-order valence-electron chi connectivity index (χ1n) is 19.3. The molecule has 1 heterocycles. The minimum absolute atomic E-state index is 0.0315. The molecule has 0 radical (unpaired) electrons. The van der Waals surface area contributed by atoms with Gasteiger partial charge in [-0.25, -0.2) is 9.59 Å². The monoisotopic (exact) mass is 778 g/mol. The van der Waals surface area contributed by atoms with Crippen LogP contribution < -0.4 is 14.8 Å². The van der Waals surface area contributed by atoms with Crippen LogP contribution in [0.2, 0.25) is 0 Å². The second-order valence-corrected chi connectivity index (χ2v) is 14.7. The molecule has 4 amide bonds. The molecule has 0 aliphatic carbocycles. The predicted octanol–water partition coefficient (Wildman–Crippen LogP) is 5.05. The van der Waals surface area contributed by atoms with E-state index in [1.165, 1.54) is 16.9 Å². The van der Waals surface area contributed by atoms with Crippen LogP contribution in [0.15, 0.2) is 30.4 Å². The van der Waals surface area contributed by atoms with Crippen LogP contribution >= 0.6 is 0 Å². The summed E-state index contributed by atoms with van der Waals surface area (Å²) in [5.74, 6) is 0.892. The number of amides is 4. The molecule has 1 aromatic carbocycles. The van der Waals surface area contributed by atoms with Crippen molar-refractivity contribution in [1.29, 1.82) is 0 Å². The minimum atomic E-state index is -0.711. The third-order valence-corrected chi connectivity index (χ3v) is 8.36. The number of carbonyl (C=O) groups is 4. The highest BCUT2D eigenvalue weighted by Crippen LogP contribution is 2.29. The second-order valence-electron chi connectivity index (χ2n) is 14.7. The zero-order valence-electron chi connectivity index (χ0n) is 34.4. The number of unbranched alkanes of at least 4 members (excludes halogenated alkanes) is 2. The van der Waals surface area contributed by atoms with E-state index in [2.05, 4.69) is 31.3 Å². The van der Waals surface area contributed by atoms with E-state index in [-0.39, 0.29) is 56.8 Å². The van der Waals surface area contributed by atoms with Crippen LogP contribution in [0.4, 0.5) is 9.59 Å². The summed E-state index contributed by atoms with van der Waals surface area (Å²) in [4.78, 5) is 56.8. The standard InChI is InChI=1S/C40H66N4O11/c1-31(2)13-11-9-10-12-14-36(45)41-28-32-15-16-34(35(27-32)50-8)54-39(48)44-19-18-43(30-33(44)29-42(6)38(47)55-40(3,4)5)37(46)17-20-51-23-24-53-26-25-52-22-21-49-7/h11,13,15-16,27,31,33H,9-10,12,14,17-26,28-30H2,1-8H3,(H,41,45)/b13-11+. The molecule has 1 aliphatic heterocycles. The molecule has 1 N–H and O–H groups in total. The van der Waals surface area contributed by atoms with E-state index < -0.39 is 23.8 Å². The number of benzene rings is 1. The highest BCUT2D eigenvalue weighted by atomic mass is 16.6. The number of rotatable bonds is 24. The number of allylic oxidation sites excluding steroid dienone is 2. The van der Waals surface area contributed by atoms with Crippen molar-refractivity contribution >= 4 is 24.0 Å². The van der Waals surface area contributed by atoms with E-state index in [4.69, 9.17) is 33.2 Å². The summed E-state index contributed by atoms with van der Waals surface area (Å²) in [5, 5.41) is 2.94. The lowest BCUT2D eigenvalue weighted by atomic mass is 10.1. The molecule has 1 aliphatic rings. The summed E-state index contributed by atoms with van der Waals surface area (Å²) in [7, 11) is 4.68. The molecule has 1 atom stereocenters. The summed E-state index contributed by atoms with van der Waals surface area (Å²) in [6.07, 6.45) is 6.45. The minimum Gasteiger partial charge on any atom is -0.493 e. The molecule has 0 bridgehead atoms. The maximum Gasteiger partial charge on any atom is 0.415 e.